The number of benzene rings is 1. The standard InChI is InChI=1S/C34H40F2N4O5/c1-22-8-12-37-30(16-22)40(21-34(2,35)36)33(43)27-7-6-26(44-3)18-29(27)39-14-10-23(11-15-39)20-45-31-17-25(9-13-38-31)28(19-32(41)42)24-4-5-24/h6-9,12-13,16-18,23-24,28H,4-5,10-11,14-15,19-21H2,1-3H3,(H,41,42). The van der Waals surface area contributed by atoms with Crippen molar-refractivity contribution < 1.29 is 33.0 Å². The van der Waals surface area contributed by atoms with E-state index in [9.17, 15) is 23.5 Å². The van der Waals surface area contributed by atoms with Gasteiger partial charge >= 0.3 is 5.97 Å². The third kappa shape index (κ3) is 8.46. The zero-order valence-corrected chi connectivity index (χ0v) is 25.9. The van der Waals surface area contributed by atoms with E-state index in [1.807, 2.05) is 19.1 Å². The summed E-state index contributed by atoms with van der Waals surface area (Å²) in [5.74, 6) is -2.67. The van der Waals surface area contributed by atoms with Crippen LogP contribution in [0.3, 0.4) is 0 Å². The number of rotatable bonds is 13. The predicted molar refractivity (Wildman–Crippen MR) is 167 cm³/mol. The van der Waals surface area contributed by atoms with Gasteiger partial charge in [0.05, 0.1) is 37.9 Å². The third-order valence-electron chi connectivity index (χ3n) is 8.49. The summed E-state index contributed by atoms with van der Waals surface area (Å²) in [5.41, 5.74) is 2.67. The van der Waals surface area contributed by atoms with Crippen molar-refractivity contribution >= 4 is 23.4 Å². The monoisotopic (exact) mass is 622 g/mol. The number of hydrogen-bond donors (Lipinski definition) is 1. The van der Waals surface area contributed by atoms with Gasteiger partial charge in [0.15, 0.2) is 0 Å². The summed E-state index contributed by atoms with van der Waals surface area (Å²) < 4.78 is 40.1. The summed E-state index contributed by atoms with van der Waals surface area (Å²) in [6, 6.07) is 12.2. The summed E-state index contributed by atoms with van der Waals surface area (Å²) >= 11 is 0. The highest BCUT2D eigenvalue weighted by molar-refractivity contribution is 6.09. The maximum atomic E-state index is 14.3. The van der Waals surface area contributed by atoms with Crippen molar-refractivity contribution in [1.82, 2.24) is 9.97 Å². The quantitative estimate of drug-likeness (QED) is 0.235. The number of carboxylic acids is 1. The van der Waals surface area contributed by atoms with Crippen molar-refractivity contribution in [3.05, 3.63) is 71.5 Å². The minimum Gasteiger partial charge on any atom is -0.497 e. The molecule has 240 valence electrons. The van der Waals surface area contributed by atoms with Crippen LogP contribution in [0.2, 0.25) is 0 Å². The fourth-order valence-corrected chi connectivity index (χ4v) is 5.95. The highest BCUT2D eigenvalue weighted by atomic mass is 19.3. The normalized spacial score (nSPS) is 16.2. The maximum Gasteiger partial charge on any atom is 0.303 e. The first-order chi connectivity index (χ1) is 21.5. The number of piperidine rings is 1. The molecule has 9 nitrogen and oxygen atoms in total. The molecule has 2 aliphatic rings. The number of amides is 1. The molecule has 2 aromatic heterocycles. The van der Waals surface area contributed by atoms with Gasteiger partial charge in [0.1, 0.15) is 11.6 Å². The number of methoxy groups -OCH3 is 1. The van der Waals surface area contributed by atoms with Crippen LogP contribution >= 0.6 is 0 Å². The smallest absolute Gasteiger partial charge is 0.303 e. The predicted octanol–water partition coefficient (Wildman–Crippen LogP) is 6.36. The highest BCUT2D eigenvalue weighted by Crippen LogP contribution is 2.45. The Morgan fingerprint density at radius 1 is 1.07 bits per heavy atom. The van der Waals surface area contributed by atoms with E-state index in [2.05, 4.69) is 14.9 Å². The molecule has 3 heterocycles. The Labute approximate surface area is 262 Å². The van der Waals surface area contributed by atoms with Gasteiger partial charge in [0, 0.05) is 44.5 Å². The average Bonchev–Trinajstić information content (AvgIpc) is 3.86. The van der Waals surface area contributed by atoms with Crippen LogP contribution in [0.1, 0.15) is 66.4 Å². The molecule has 2 fully saturated rings. The van der Waals surface area contributed by atoms with Gasteiger partial charge in [-0.3, -0.25) is 14.5 Å². The largest absolute Gasteiger partial charge is 0.497 e. The Morgan fingerprint density at radius 3 is 2.44 bits per heavy atom. The highest BCUT2D eigenvalue weighted by Gasteiger charge is 2.35. The Balaban J connectivity index is 1.28. The first kappa shape index (κ1) is 32.1. The SMILES string of the molecule is COc1ccc(C(=O)N(CC(C)(F)F)c2cc(C)ccn2)c(N2CCC(COc3cc(C(CC(=O)O)C4CC4)ccn3)CC2)c1. The molecule has 1 aliphatic carbocycles. The molecule has 1 aromatic carbocycles. The lowest BCUT2D eigenvalue weighted by molar-refractivity contribution is -0.137. The molecule has 0 spiro atoms. The fourth-order valence-electron chi connectivity index (χ4n) is 5.95. The molecule has 1 amide bonds. The number of anilines is 2. The minimum atomic E-state index is -3.13. The van der Waals surface area contributed by atoms with Crippen molar-refractivity contribution in [3.8, 4) is 11.6 Å². The van der Waals surface area contributed by atoms with Gasteiger partial charge in [-0.05, 0) is 91.8 Å². The number of nitrogens with zero attached hydrogens (tertiary/aromatic N) is 4. The van der Waals surface area contributed by atoms with Gasteiger partial charge in [-0.15, -0.1) is 0 Å². The lowest BCUT2D eigenvalue weighted by Gasteiger charge is -2.35. The molecule has 1 saturated carbocycles. The molecule has 45 heavy (non-hydrogen) atoms. The van der Waals surface area contributed by atoms with Gasteiger partial charge in [-0.2, -0.15) is 0 Å². The number of ether oxygens (including phenoxy) is 2. The summed E-state index contributed by atoms with van der Waals surface area (Å²) in [4.78, 5) is 37.1. The van der Waals surface area contributed by atoms with Crippen LogP contribution in [-0.4, -0.2) is 66.2 Å². The van der Waals surface area contributed by atoms with E-state index < -0.39 is 24.3 Å². The Morgan fingerprint density at radius 2 is 1.80 bits per heavy atom. The van der Waals surface area contributed by atoms with Crippen molar-refractivity contribution in [2.75, 3.05) is 43.2 Å². The molecule has 1 N–H and O–H groups in total. The molecule has 1 atom stereocenters. The lowest BCUT2D eigenvalue weighted by atomic mass is 9.92. The number of pyridine rings is 2. The van der Waals surface area contributed by atoms with Crippen LogP contribution in [0.5, 0.6) is 11.6 Å². The van der Waals surface area contributed by atoms with E-state index in [1.165, 1.54) is 6.20 Å². The van der Waals surface area contributed by atoms with Crippen molar-refractivity contribution in [2.45, 2.75) is 57.8 Å². The number of hydrogen-bond acceptors (Lipinski definition) is 7. The number of carbonyl (C=O) groups is 2. The fraction of sp³-hybridized carbons (Fsp3) is 0.471. The summed E-state index contributed by atoms with van der Waals surface area (Å²) in [6.45, 7) is 3.52. The number of carbonyl (C=O) groups excluding carboxylic acids is 1. The molecule has 1 unspecified atom stereocenters. The maximum absolute atomic E-state index is 14.3. The molecule has 11 heteroatoms. The summed E-state index contributed by atoms with van der Waals surface area (Å²) in [5, 5.41) is 9.37. The number of carboxylic acid groups (broad SMARTS) is 1. The number of aromatic nitrogens is 2. The van der Waals surface area contributed by atoms with Crippen molar-refractivity contribution in [1.29, 1.82) is 0 Å². The molecular weight excluding hydrogens is 582 g/mol. The Bertz CT molecular complexity index is 1500. The van der Waals surface area contributed by atoms with Crippen LogP contribution in [-0.2, 0) is 4.79 Å². The van der Waals surface area contributed by atoms with Crippen LogP contribution < -0.4 is 19.3 Å². The van der Waals surface area contributed by atoms with E-state index >= 15 is 0 Å². The number of alkyl halides is 2. The van der Waals surface area contributed by atoms with Crippen LogP contribution in [0.15, 0.2) is 54.9 Å². The molecule has 0 radical (unpaired) electrons. The molecule has 5 rings (SSSR count). The van der Waals surface area contributed by atoms with Crippen molar-refractivity contribution in [2.24, 2.45) is 11.8 Å². The van der Waals surface area contributed by atoms with Gasteiger partial charge < -0.3 is 19.5 Å². The summed E-state index contributed by atoms with van der Waals surface area (Å²) in [7, 11) is 1.54. The van der Waals surface area contributed by atoms with E-state index in [0.29, 0.717) is 48.5 Å². The molecule has 1 saturated heterocycles. The Hall–Kier alpha value is -4.28. The van der Waals surface area contributed by atoms with Gasteiger partial charge in [0.25, 0.3) is 11.8 Å². The zero-order chi connectivity index (χ0) is 32.1. The second kappa shape index (κ2) is 13.8. The van der Waals surface area contributed by atoms with E-state index in [4.69, 9.17) is 9.47 Å². The lowest BCUT2D eigenvalue weighted by Crippen LogP contribution is -2.42. The van der Waals surface area contributed by atoms with E-state index in [0.717, 1.165) is 48.6 Å². The zero-order valence-electron chi connectivity index (χ0n) is 25.9. The minimum absolute atomic E-state index is 0.0305. The van der Waals surface area contributed by atoms with Gasteiger partial charge in [-0.1, -0.05) is 0 Å². The first-order valence-corrected chi connectivity index (χ1v) is 15.4. The second-order valence-electron chi connectivity index (χ2n) is 12.2. The number of aliphatic carboxylic acids is 1. The third-order valence-corrected chi connectivity index (χ3v) is 8.49. The van der Waals surface area contributed by atoms with Crippen molar-refractivity contribution in [3.63, 3.8) is 0 Å². The van der Waals surface area contributed by atoms with E-state index in [1.54, 1.807) is 43.6 Å². The first-order valence-electron chi connectivity index (χ1n) is 15.4. The topological polar surface area (TPSA) is 105 Å². The molecular formula is C34H40F2N4O5. The van der Waals surface area contributed by atoms with Gasteiger partial charge in [0.2, 0.25) is 5.88 Å². The van der Waals surface area contributed by atoms with Crippen LogP contribution in [0, 0.1) is 18.8 Å². The molecule has 0 bridgehead atoms. The molecule has 1 aliphatic heterocycles. The second-order valence-corrected chi connectivity index (χ2v) is 12.2. The average molecular weight is 623 g/mol. The van der Waals surface area contributed by atoms with E-state index in [-0.39, 0.29) is 24.1 Å². The number of aryl methyl sites for hydroxylation is 1. The Kier molecular flexibility index (Phi) is 9.84. The summed E-state index contributed by atoms with van der Waals surface area (Å²) in [6.07, 6.45) is 6.93. The van der Waals surface area contributed by atoms with Crippen LogP contribution in [0.25, 0.3) is 0 Å². The molecule has 3 aromatic rings. The van der Waals surface area contributed by atoms with Gasteiger partial charge in [-0.25, -0.2) is 18.7 Å². The van der Waals surface area contributed by atoms with Crippen LogP contribution in [0.4, 0.5) is 20.3 Å². The number of halogens is 2.